The number of hydrogen-bond donors (Lipinski definition) is 1. The fraction of sp³-hybridized carbons (Fsp3) is 0.923. The Kier molecular flexibility index (Phi) is 4.80. The highest BCUT2D eigenvalue weighted by Crippen LogP contribution is 2.20. The van der Waals surface area contributed by atoms with Crippen LogP contribution in [0.5, 0.6) is 0 Å². The molecule has 4 nitrogen and oxygen atoms in total. The molecule has 1 rings (SSSR count). The highest BCUT2D eigenvalue weighted by Gasteiger charge is 2.31. The SMILES string of the molecule is CC(C)NC[C@@H]1CCCN1C(=O)OC(C)(C)C. The van der Waals surface area contributed by atoms with Crippen molar-refractivity contribution in [3.05, 3.63) is 0 Å². The van der Waals surface area contributed by atoms with E-state index in [0.29, 0.717) is 6.04 Å². The van der Waals surface area contributed by atoms with Crippen LogP contribution in [-0.4, -0.2) is 41.8 Å². The molecule has 1 heterocycles. The Morgan fingerprint density at radius 3 is 2.65 bits per heavy atom. The predicted molar refractivity (Wildman–Crippen MR) is 69.1 cm³/mol. The number of nitrogens with one attached hydrogen (secondary N) is 1. The number of carbonyl (C=O) groups excluding carboxylic acids is 1. The Hall–Kier alpha value is -0.770. The minimum absolute atomic E-state index is 0.175. The van der Waals surface area contributed by atoms with E-state index in [-0.39, 0.29) is 12.1 Å². The molecule has 0 aromatic rings. The zero-order valence-corrected chi connectivity index (χ0v) is 11.7. The largest absolute Gasteiger partial charge is 0.444 e. The molecule has 0 saturated carbocycles. The van der Waals surface area contributed by atoms with Gasteiger partial charge >= 0.3 is 6.09 Å². The van der Waals surface area contributed by atoms with Crippen molar-refractivity contribution in [2.45, 2.75) is 65.1 Å². The second-order valence-corrected chi connectivity index (χ2v) is 6.03. The summed E-state index contributed by atoms with van der Waals surface area (Å²) in [5, 5.41) is 3.39. The second kappa shape index (κ2) is 5.71. The van der Waals surface area contributed by atoms with Gasteiger partial charge in [0.15, 0.2) is 0 Å². The first-order valence-electron chi connectivity index (χ1n) is 6.52. The normalized spacial score (nSPS) is 21.1. The summed E-state index contributed by atoms with van der Waals surface area (Å²) in [5.74, 6) is 0. The fourth-order valence-electron chi connectivity index (χ4n) is 1.98. The average molecular weight is 242 g/mol. The maximum absolute atomic E-state index is 12.0. The van der Waals surface area contributed by atoms with Crippen molar-refractivity contribution in [1.29, 1.82) is 0 Å². The van der Waals surface area contributed by atoms with Crippen LogP contribution in [0, 0.1) is 0 Å². The van der Waals surface area contributed by atoms with Gasteiger partial charge in [0.2, 0.25) is 0 Å². The zero-order chi connectivity index (χ0) is 13.1. The highest BCUT2D eigenvalue weighted by molar-refractivity contribution is 5.69. The Morgan fingerprint density at radius 2 is 2.12 bits per heavy atom. The lowest BCUT2D eigenvalue weighted by molar-refractivity contribution is 0.0225. The van der Waals surface area contributed by atoms with E-state index in [1.807, 2.05) is 25.7 Å². The molecule has 1 atom stereocenters. The molecule has 1 aliphatic heterocycles. The van der Waals surface area contributed by atoms with Crippen molar-refractivity contribution in [2.75, 3.05) is 13.1 Å². The summed E-state index contributed by atoms with van der Waals surface area (Å²) < 4.78 is 5.42. The zero-order valence-electron chi connectivity index (χ0n) is 11.7. The maximum Gasteiger partial charge on any atom is 0.410 e. The summed E-state index contributed by atoms with van der Waals surface area (Å²) in [5.41, 5.74) is -0.407. The first-order chi connectivity index (χ1) is 7.79. The third-order valence-electron chi connectivity index (χ3n) is 2.77. The van der Waals surface area contributed by atoms with Gasteiger partial charge in [0.05, 0.1) is 0 Å². The molecule has 1 amide bonds. The molecule has 0 bridgehead atoms. The van der Waals surface area contributed by atoms with E-state index in [1.165, 1.54) is 0 Å². The van der Waals surface area contributed by atoms with Crippen LogP contribution >= 0.6 is 0 Å². The van der Waals surface area contributed by atoms with E-state index in [9.17, 15) is 4.79 Å². The van der Waals surface area contributed by atoms with Crippen molar-refractivity contribution in [1.82, 2.24) is 10.2 Å². The lowest BCUT2D eigenvalue weighted by atomic mass is 10.2. The topological polar surface area (TPSA) is 41.6 Å². The van der Waals surface area contributed by atoms with Gasteiger partial charge in [-0.15, -0.1) is 0 Å². The first-order valence-corrected chi connectivity index (χ1v) is 6.52. The summed E-state index contributed by atoms with van der Waals surface area (Å²) in [7, 11) is 0. The second-order valence-electron chi connectivity index (χ2n) is 6.03. The molecule has 0 unspecified atom stereocenters. The van der Waals surface area contributed by atoms with Crippen molar-refractivity contribution in [2.24, 2.45) is 0 Å². The fourth-order valence-corrected chi connectivity index (χ4v) is 1.98. The van der Waals surface area contributed by atoms with E-state index >= 15 is 0 Å². The Labute approximate surface area is 105 Å². The minimum atomic E-state index is -0.407. The van der Waals surface area contributed by atoms with Crippen molar-refractivity contribution in [3.8, 4) is 0 Å². The number of hydrogen-bond acceptors (Lipinski definition) is 3. The van der Waals surface area contributed by atoms with E-state index < -0.39 is 5.60 Å². The highest BCUT2D eigenvalue weighted by atomic mass is 16.6. The molecule has 1 aliphatic rings. The molecule has 0 radical (unpaired) electrons. The molecule has 1 N–H and O–H groups in total. The van der Waals surface area contributed by atoms with Crippen molar-refractivity contribution in [3.63, 3.8) is 0 Å². The number of rotatable bonds is 3. The summed E-state index contributed by atoms with van der Waals surface area (Å²) in [6.45, 7) is 11.6. The van der Waals surface area contributed by atoms with Gasteiger partial charge in [-0.3, -0.25) is 0 Å². The minimum Gasteiger partial charge on any atom is -0.444 e. The van der Waals surface area contributed by atoms with Crippen LogP contribution in [0.2, 0.25) is 0 Å². The molecule has 0 aromatic heterocycles. The molecule has 1 fully saturated rings. The number of likely N-dealkylation sites (tertiary alicyclic amines) is 1. The quantitative estimate of drug-likeness (QED) is 0.826. The van der Waals surface area contributed by atoms with Crippen LogP contribution in [0.3, 0.4) is 0 Å². The monoisotopic (exact) mass is 242 g/mol. The number of nitrogens with zero attached hydrogens (tertiary/aromatic N) is 1. The molecular formula is C13H26N2O2. The van der Waals surface area contributed by atoms with Gasteiger partial charge in [-0.05, 0) is 33.6 Å². The van der Waals surface area contributed by atoms with Crippen LogP contribution in [0.25, 0.3) is 0 Å². The van der Waals surface area contributed by atoms with E-state index in [0.717, 1.165) is 25.9 Å². The number of carbonyl (C=O) groups is 1. The van der Waals surface area contributed by atoms with Gasteiger partial charge in [0.25, 0.3) is 0 Å². The summed E-state index contributed by atoms with van der Waals surface area (Å²) in [6, 6.07) is 0.739. The lowest BCUT2D eigenvalue weighted by Gasteiger charge is -2.29. The van der Waals surface area contributed by atoms with Gasteiger partial charge in [0, 0.05) is 25.2 Å². The third-order valence-corrected chi connectivity index (χ3v) is 2.77. The van der Waals surface area contributed by atoms with E-state index in [1.54, 1.807) is 0 Å². The van der Waals surface area contributed by atoms with E-state index in [2.05, 4.69) is 19.2 Å². The molecule has 0 aromatic carbocycles. The molecule has 1 saturated heterocycles. The van der Waals surface area contributed by atoms with Gasteiger partial charge in [0.1, 0.15) is 5.60 Å². The Morgan fingerprint density at radius 1 is 1.47 bits per heavy atom. The van der Waals surface area contributed by atoms with Gasteiger partial charge < -0.3 is 15.0 Å². The van der Waals surface area contributed by atoms with Crippen LogP contribution in [0.1, 0.15) is 47.5 Å². The Balaban J connectivity index is 2.48. The first kappa shape index (κ1) is 14.3. The van der Waals surface area contributed by atoms with Crippen molar-refractivity contribution < 1.29 is 9.53 Å². The molecule has 17 heavy (non-hydrogen) atoms. The van der Waals surface area contributed by atoms with Crippen LogP contribution in [0.4, 0.5) is 4.79 Å². The Bertz CT molecular complexity index is 259. The number of ether oxygens (including phenoxy) is 1. The summed E-state index contributed by atoms with van der Waals surface area (Å²) >= 11 is 0. The van der Waals surface area contributed by atoms with Crippen LogP contribution in [-0.2, 0) is 4.74 Å². The third kappa shape index (κ3) is 4.94. The van der Waals surface area contributed by atoms with Crippen LogP contribution < -0.4 is 5.32 Å². The lowest BCUT2D eigenvalue weighted by Crippen LogP contribution is -2.45. The van der Waals surface area contributed by atoms with E-state index in [4.69, 9.17) is 4.74 Å². The summed E-state index contributed by atoms with van der Waals surface area (Å²) in [4.78, 5) is 13.9. The smallest absolute Gasteiger partial charge is 0.410 e. The van der Waals surface area contributed by atoms with Gasteiger partial charge in [-0.1, -0.05) is 13.8 Å². The molecule has 0 aliphatic carbocycles. The van der Waals surface area contributed by atoms with Gasteiger partial charge in [-0.25, -0.2) is 4.79 Å². The molecule has 4 heteroatoms. The van der Waals surface area contributed by atoms with Crippen LogP contribution in [0.15, 0.2) is 0 Å². The number of amides is 1. The van der Waals surface area contributed by atoms with Gasteiger partial charge in [-0.2, -0.15) is 0 Å². The standard InChI is InChI=1S/C13H26N2O2/c1-10(2)14-9-11-7-6-8-15(11)12(16)17-13(3,4)5/h10-11,14H,6-9H2,1-5H3/t11-/m0/s1. The molecule has 0 spiro atoms. The maximum atomic E-state index is 12.0. The van der Waals surface area contributed by atoms with Crippen molar-refractivity contribution >= 4 is 6.09 Å². The molecular weight excluding hydrogens is 216 g/mol. The molecule has 100 valence electrons. The summed E-state index contributed by atoms with van der Waals surface area (Å²) in [6.07, 6.45) is 1.97. The predicted octanol–water partition coefficient (Wildman–Crippen LogP) is 2.38. The average Bonchev–Trinajstić information content (AvgIpc) is 2.59.